The van der Waals surface area contributed by atoms with Gasteiger partial charge >= 0.3 is 0 Å². The molecule has 2 heterocycles. The highest BCUT2D eigenvalue weighted by molar-refractivity contribution is 7.93. The zero-order valence-electron chi connectivity index (χ0n) is 19.8. The SMILES string of the molecule is O=C(NO)C1(S(=O)(=O)c2ccc(OCCCc3nnc(CC4CCCCC4)o3)cc2)CCOCC1. The quantitative estimate of drug-likeness (QED) is 0.282. The minimum atomic E-state index is -4.06. The molecule has 1 aliphatic heterocycles. The minimum Gasteiger partial charge on any atom is -0.494 e. The number of aromatic nitrogens is 2. The van der Waals surface area contributed by atoms with Crippen molar-refractivity contribution in [2.75, 3.05) is 19.8 Å². The number of hydrogen-bond acceptors (Lipinski definition) is 9. The second-order valence-corrected chi connectivity index (χ2v) is 11.5. The van der Waals surface area contributed by atoms with Gasteiger partial charge < -0.3 is 13.9 Å². The summed E-state index contributed by atoms with van der Waals surface area (Å²) in [5.74, 6) is 1.53. The van der Waals surface area contributed by atoms with Gasteiger partial charge in [-0.3, -0.25) is 10.0 Å². The molecule has 0 bridgehead atoms. The number of carbonyl (C=O) groups is 1. The molecule has 2 fully saturated rings. The van der Waals surface area contributed by atoms with E-state index >= 15 is 0 Å². The van der Waals surface area contributed by atoms with Gasteiger partial charge in [-0.2, -0.15) is 0 Å². The van der Waals surface area contributed by atoms with E-state index in [9.17, 15) is 13.2 Å². The molecule has 11 heteroatoms. The lowest BCUT2D eigenvalue weighted by molar-refractivity contribution is -0.134. The summed E-state index contributed by atoms with van der Waals surface area (Å²) in [6.45, 7) is 0.645. The molecule has 1 aromatic heterocycles. The molecule has 0 atom stereocenters. The van der Waals surface area contributed by atoms with Gasteiger partial charge in [0.05, 0.1) is 11.5 Å². The zero-order chi connectivity index (χ0) is 24.7. The second kappa shape index (κ2) is 11.5. The van der Waals surface area contributed by atoms with Gasteiger partial charge in [-0.1, -0.05) is 19.3 Å². The summed E-state index contributed by atoms with van der Waals surface area (Å²) in [7, 11) is -4.06. The third kappa shape index (κ3) is 5.84. The van der Waals surface area contributed by atoms with Crippen LogP contribution in [-0.2, 0) is 32.2 Å². The molecule has 2 aromatic rings. The molecule has 2 N–H and O–H groups in total. The Morgan fingerprint density at radius 3 is 2.46 bits per heavy atom. The smallest absolute Gasteiger partial charge is 0.265 e. The highest BCUT2D eigenvalue weighted by atomic mass is 32.2. The monoisotopic (exact) mass is 507 g/mol. The third-order valence-electron chi connectivity index (χ3n) is 6.96. The van der Waals surface area contributed by atoms with Crippen molar-refractivity contribution >= 4 is 15.7 Å². The van der Waals surface area contributed by atoms with Gasteiger partial charge in [0.25, 0.3) is 5.91 Å². The van der Waals surface area contributed by atoms with Crippen LogP contribution in [0.4, 0.5) is 0 Å². The van der Waals surface area contributed by atoms with Gasteiger partial charge in [0.15, 0.2) is 14.6 Å². The van der Waals surface area contributed by atoms with Crippen molar-refractivity contribution in [3.8, 4) is 5.75 Å². The van der Waals surface area contributed by atoms with Crippen molar-refractivity contribution in [2.24, 2.45) is 5.92 Å². The van der Waals surface area contributed by atoms with E-state index < -0.39 is 20.5 Å². The Balaban J connectivity index is 1.28. The van der Waals surface area contributed by atoms with Crippen molar-refractivity contribution in [3.63, 3.8) is 0 Å². The Morgan fingerprint density at radius 1 is 1.09 bits per heavy atom. The molecule has 35 heavy (non-hydrogen) atoms. The summed E-state index contributed by atoms with van der Waals surface area (Å²) in [6.07, 6.45) is 8.42. The van der Waals surface area contributed by atoms with E-state index in [1.807, 2.05) is 0 Å². The summed E-state index contributed by atoms with van der Waals surface area (Å²) in [5.41, 5.74) is 1.52. The summed E-state index contributed by atoms with van der Waals surface area (Å²) in [6, 6.07) is 5.96. The topological polar surface area (TPSA) is 141 Å². The molecule has 1 saturated carbocycles. The first-order chi connectivity index (χ1) is 16.9. The predicted molar refractivity (Wildman–Crippen MR) is 125 cm³/mol. The van der Waals surface area contributed by atoms with Crippen LogP contribution in [0.5, 0.6) is 5.75 Å². The molecule has 0 unspecified atom stereocenters. The predicted octanol–water partition coefficient (Wildman–Crippen LogP) is 3.03. The maximum Gasteiger partial charge on any atom is 0.265 e. The molecule has 2 aliphatic rings. The van der Waals surface area contributed by atoms with Crippen molar-refractivity contribution in [2.45, 2.75) is 73.9 Å². The highest BCUT2D eigenvalue weighted by Gasteiger charge is 2.52. The summed E-state index contributed by atoms with van der Waals surface area (Å²) < 4.78 is 41.5. The summed E-state index contributed by atoms with van der Waals surface area (Å²) >= 11 is 0. The van der Waals surface area contributed by atoms with Crippen molar-refractivity contribution in [1.29, 1.82) is 0 Å². The van der Waals surface area contributed by atoms with Gasteiger partial charge in [0, 0.05) is 26.1 Å². The molecule has 192 valence electrons. The van der Waals surface area contributed by atoms with E-state index in [1.54, 1.807) is 12.1 Å². The van der Waals surface area contributed by atoms with Crippen LogP contribution in [0.15, 0.2) is 33.6 Å². The Labute approximate surface area is 205 Å². The lowest BCUT2D eigenvalue weighted by Crippen LogP contribution is -2.54. The largest absolute Gasteiger partial charge is 0.494 e. The third-order valence-corrected chi connectivity index (χ3v) is 9.48. The molecule has 1 amide bonds. The Bertz CT molecular complexity index is 1070. The Morgan fingerprint density at radius 2 is 1.77 bits per heavy atom. The lowest BCUT2D eigenvalue weighted by atomic mass is 9.87. The number of hydrogen-bond donors (Lipinski definition) is 2. The molecule has 1 aliphatic carbocycles. The van der Waals surface area contributed by atoms with E-state index in [0.717, 1.165) is 6.42 Å². The Kier molecular flexibility index (Phi) is 8.40. The van der Waals surface area contributed by atoms with Gasteiger partial charge in [0.2, 0.25) is 11.8 Å². The maximum atomic E-state index is 13.3. The second-order valence-electron chi connectivity index (χ2n) is 9.27. The molecular formula is C24H33N3O7S. The number of sulfone groups is 1. The molecule has 0 radical (unpaired) electrons. The van der Waals surface area contributed by atoms with E-state index in [1.165, 1.54) is 49.7 Å². The van der Waals surface area contributed by atoms with Crippen LogP contribution in [0.1, 0.15) is 63.1 Å². The number of amides is 1. The maximum absolute atomic E-state index is 13.3. The highest BCUT2D eigenvalue weighted by Crippen LogP contribution is 2.35. The van der Waals surface area contributed by atoms with E-state index in [0.29, 0.717) is 42.9 Å². The first kappa shape index (κ1) is 25.6. The average molecular weight is 508 g/mol. The van der Waals surface area contributed by atoms with E-state index in [-0.39, 0.29) is 31.0 Å². The molecular weight excluding hydrogens is 474 g/mol. The number of ether oxygens (including phenoxy) is 2. The van der Waals surface area contributed by atoms with Gasteiger partial charge in [-0.05, 0) is 62.3 Å². The fourth-order valence-electron chi connectivity index (χ4n) is 4.88. The molecule has 1 aromatic carbocycles. The molecule has 0 spiro atoms. The normalized spacial score (nSPS) is 18.8. The standard InChI is InChI=1S/C24H33N3O7S/c28-23(27-29)24(12-15-32-16-13-24)35(30,31)20-10-8-19(9-11-20)33-14-4-7-21-25-26-22(34-21)17-18-5-2-1-3-6-18/h8-11,18,29H,1-7,12-17H2,(H,27,28). The van der Waals surface area contributed by atoms with Crippen LogP contribution in [0, 0.1) is 5.92 Å². The summed E-state index contributed by atoms with van der Waals surface area (Å²) in [5, 5.41) is 17.5. The lowest BCUT2D eigenvalue weighted by Gasteiger charge is -2.34. The first-order valence-corrected chi connectivity index (χ1v) is 13.7. The van der Waals surface area contributed by atoms with Crippen molar-refractivity contribution in [1.82, 2.24) is 15.7 Å². The molecule has 4 rings (SSSR count). The molecule has 1 saturated heterocycles. The number of carbonyl (C=O) groups excluding carboxylic acids is 1. The number of nitrogens with zero attached hydrogens (tertiary/aromatic N) is 2. The van der Waals surface area contributed by atoms with Crippen LogP contribution < -0.4 is 10.2 Å². The average Bonchev–Trinajstić information content (AvgIpc) is 3.34. The van der Waals surface area contributed by atoms with Crippen LogP contribution in [-0.4, -0.2) is 54.3 Å². The first-order valence-electron chi connectivity index (χ1n) is 12.3. The van der Waals surface area contributed by atoms with Crippen molar-refractivity contribution in [3.05, 3.63) is 36.0 Å². The fraction of sp³-hybridized carbons (Fsp3) is 0.625. The van der Waals surface area contributed by atoms with Crippen LogP contribution in [0.3, 0.4) is 0 Å². The number of nitrogens with one attached hydrogen (secondary N) is 1. The van der Waals surface area contributed by atoms with Gasteiger partial charge in [-0.25, -0.2) is 13.9 Å². The minimum absolute atomic E-state index is 0.00768. The van der Waals surface area contributed by atoms with Gasteiger partial charge in [0.1, 0.15) is 5.75 Å². The number of benzene rings is 1. The van der Waals surface area contributed by atoms with Crippen molar-refractivity contribution < 1.29 is 32.3 Å². The number of hydroxylamine groups is 1. The number of rotatable bonds is 10. The zero-order valence-corrected chi connectivity index (χ0v) is 20.6. The van der Waals surface area contributed by atoms with E-state index in [2.05, 4.69) is 10.2 Å². The van der Waals surface area contributed by atoms with Gasteiger partial charge in [-0.15, -0.1) is 10.2 Å². The van der Waals surface area contributed by atoms with Crippen LogP contribution in [0.25, 0.3) is 0 Å². The van der Waals surface area contributed by atoms with Crippen LogP contribution >= 0.6 is 0 Å². The summed E-state index contributed by atoms with van der Waals surface area (Å²) in [4.78, 5) is 12.3. The number of aryl methyl sites for hydroxylation is 1. The Hall–Kier alpha value is -2.50. The fourth-order valence-corrected chi connectivity index (χ4v) is 6.82. The van der Waals surface area contributed by atoms with E-state index in [4.69, 9.17) is 19.1 Å². The van der Waals surface area contributed by atoms with Crippen LogP contribution in [0.2, 0.25) is 0 Å². The molecule has 10 nitrogen and oxygen atoms in total.